The second-order valence-electron chi connectivity index (χ2n) is 7.30. The lowest BCUT2D eigenvalue weighted by Crippen LogP contribution is -2.47. The summed E-state index contributed by atoms with van der Waals surface area (Å²) in [5, 5.41) is 3.56. The number of hydrogen-bond acceptors (Lipinski definition) is 1. The largest absolute Gasteiger partial charge is 0.313 e. The molecule has 0 radical (unpaired) electrons. The van der Waals surface area contributed by atoms with Gasteiger partial charge in [-0.2, -0.15) is 0 Å². The van der Waals surface area contributed by atoms with Crippen molar-refractivity contribution in [2.45, 2.75) is 51.9 Å². The summed E-state index contributed by atoms with van der Waals surface area (Å²) in [6.07, 6.45) is 10.8. The lowest BCUT2D eigenvalue weighted by Gasteiger charge is -2.57. The van der Waals surface area contributed by atoms with Crippen molar-refractivity contribution in [3.8, 4) is 0 Å². The van der Waals surface area contributed by atoms with Crippen LogP contribution in [-0.2, 0) is 0 Å². The average molecular weight is 233 g/mol. The van der Waals surface area contributed by atoms with Crippen LogP contribution >= 0.6 is 0 Å². The van der Waals surface area contributed by atoms with Gasteiger partial charge in [0.15, 0.2) is 0 Å². The fourth-order valence-electron chi connectivity index (χ4n) is 5.25. The Balaban J connectivity index is 1.53. The lowest BCUT2D eigenvalue weighted by molar-refractivity contribution is -0.0566. The molecule has 0 amide bonds. The number of nitrogens with one attached hydrogen (secondary N) is 1. The monoisotopic (exact) mass is 233 g/mol. The van der Waals surface area contributed by atoms with Crippen LogP contribution in [0.4, 0.5) is 0 Å². The second-order valence-corrected chi connectivity index (χ2v) is 7.30. The van der Waals surface area contributed by atoms with E-state index in [0.717, 1.165) is 29.7 Å². The first kappa shape index (κ1) is 11.8. The molecule has 0 spiro atoms. The summed E-state index contributed by atoms with van der Waals surface area (Å²) in [4.78, 5) is 0. The molecule has 0 saturated heterocycles. The Labute approximate surface area is 106 Å². The van der Waals surface area contributed by atoms with Crippen molar-refractivity contribution < 1.29 is 0 Å². The quantitative estimate of drug-likeness (QED) is 0.563. The third-order valence-corrected chi connectivity index (χ3v) is 5.42. The van der Waals surface area contributed by atoms with Crippen LogP contribution in [0.1, 0.15) is 51.9 Å². The maximum absolute atomic E-state index is 3.96. The molecular weight excluding hydrogens is 206 g/mol. The zero-order chi connectivity index (χ0) is 11.9. The summed E-state index contributed by atoms with van der Waals surface area (Å²) < 4.78 is 0. The highest BCUT2D eigenvalue weighted by Gasteiger charge is 2.50. The van der Waals surface area contributed by atoms with Gasteiger partial charge < -0.3 is 5.32 Å². The van der Waals surface area contributed by atoms with Crippen LogP contribution in [0.15, 0.2) is 12.2 Å². The van der Waals surface area contributed by atoms with Crippen LogP contribution in [0, 0.1) is 23.2 Å². The van der Waals surface area contributed by atoms with Crippen LogP contribution in [0.25, 0.3) is 0 Å². The highest BCUT2D eigenvalue weighted by molar-refractivity contribution is 5.01. The molecule has 4 fully saturated rings. The van der Waals surface area contributed by atoms with Crippen LogP contribution < -0.4 is 5.32 Å². The van der Waals surface area contributed by atoms with E-state index in [-0.39, 0.29) is 0 Å². The molecule has 4 bridgehead atoms. The average Bonchev–Trinajstić information content (AvgIpc) is 2.22. The maximum atomic E-state index is 3.96. The van der Waals surface area contributed by atoms with E-state index in [4.69, 9.17) is 0 Å². The zero-order valence-electron chi connectivity index (χ0n) is 11.3. The summed E-state index contributed by atoms with van der Waals surface area (Å²) in [6, 6.07) is 0. The molecule has 0 unspecified atom stereocenters. The molecule has 0 aromatic heterocycles. The minimum atomic E-state index is 0.747. The maximum Gasteiger partial charge on any atom is 0.0159 e. The Kier molecular flexibility index (Phi) is 3.06. The van der Waals surface area contributed by atoms with Crippen molar-refractivity contribution in [1.82, 2.24) is 5.32 Å². The van der Waals surface area contributed by atoms with Gasteiger partial charge in [-0.25, -0.2) is 0 Å². The molecule has 4 aliphatic carbocycles. The van der Waals surface area contributed by atoms with Gasteiger partial charge in [0, 0.05) is 6.54 Å². The highest BCUT2D eigenvalue weighted by Crippen LogP contribution is 2.61. The van der Waals surface area contributed by atoms with Crippen LogP contribution in [0.2, 0.25) is 0 Å². The fraction of sp³-hybridized carbons (Fsp3) is 0.875. The molecule has 0 aromatic rings. The van der Waals surface area contributed by atoms with Crippen molar-refractivity contribution >= 4 is 0 Å². The fourth-order valence-corrected chi connectivity index (χ4v) is 5.25. The smallest absolute Gasteiger partial charge is 0.0159 e. The predicted octanol–water partition coefficient (Wildman–Crippen LogP) is 3.76. The van der Waals surface area contributed by atoms with Gasteiger partial charge in [0.1, 0.15) is 0 Å². The molecule has 0 atom stereocenters. The topological polar surface area (TPSA) is 12.0 Å². The first-order valence-electron chi connectivity index (χ1n) is 7.50. The standard InChI is InChI=1S/C16H27N/c1-12(2)11-17-4-3-16-8-13-5-14(9-16)7-15(6-13)10-16/h13-15,17H,1,3-11H2,2H3. The molecule has 96 valence electrons. The first-order chi connectivity index (χ1) is 8.15. The van der Waals surface area contributed by atoms with Gasteiger partial charge in [-0.15, -0.1) is 0 Å². The Hall–Kier alpha value is -0.300. The van der Waals surface area contributed by atoms with E-state index in [0.29, 0.717) is 0 Å². The van der Waals surface area contributed by atoms with Crippen molar-refractivity contribution in [2.24, 2.45) is 23.2 Å². The molecular formula is C16H27N. The Bertz CT molecular complexity index is 269. The summed E-state index contributed by atoms with van der Waals surface area (Å²) >= 11 is 0. The molecule has 4 saturated carbocycles. The normalized spacial score (nSPS) is 43.0. The van der Waals surface area contributed by atoms with Crippen LogP contribution in [-0.4, -0.2) is 13.1 Å². The Morgan fingerprint density at radius 3 is 2.12 bits per heavy atom. The molecule has 4 rings (SSSR count). The van der Waals surface area contributed by atoms with E-state index in [2.05, 4.69) is 18.8 Å². The van der Waals surface area contributed by atoms with Crippen LogP contribution in [0.3, 0.4) is 0 Å². The van der Waals surface area contributed by atoms with Gasteiger partial charge in [-0.3, -0.25) is 0 Å². The molecule has 0 heterocycles. The summed E-state index contributed by atoms with van der Waals surface area (Å²) in [6.45, 7) is 8.28. The Morgan fingerprint density at radius 1 is 1.12 bits per heavy atom. The molecule has 1 N–H and O–H groups in total. The van der Waals surface area contributed by atoms with Gasteiger partial charge in [0.2, 0.25) is 0 Å². The molecule has 0 aromatic carbocycles. The third kappa shape index (κ3) is 2.45. The van der Waals surface area contributed by atoms with Crippen molar-refractivity contribution in [1.29, 1.82) is 0 Å². The van der Waals surface area contributed by atoms with Crippen molar-refractivity contribution in [3.05, 3.63) is 12.2 Å². The number of rotatable bonds is 5. The van der Waals surface area contributed by atoms with Gasteiger partial charge in [-0.05, 0) is 81.6 Å². The van der Waals surface area contributed by atoms with Gasteiger partial charge in [-0.1, -0.05) is 12.2 Å². The lowest BCUT2D eigenvalue weighted by atomic mass is 9.49. The highest BCUT2D eigenvalue weighted by atomic mass is 14.8. The molecule has 4 aliphatic rings. The summed E-state index contributed by atoms with van der Waals surface area (Å²) in [5.41, 5.74) is 2.01. The van der Waals surface area contributed by atoms with Gasteiger partial charge in [0.05, 0.1) is 0 Å². The van der Waals surface area contributed by atoms with E-state index in [1.807, 2.05) is 0 Å². The van der Waals surface area contributed by atoms with E-state index in [9.17, 15) is 0 Å². The summed E-state index contributed by atoms with van der Waals surface area (Å²) in [7, 11) is 0. The van der Waals surface area contributed by atoms with Gasteiger partial charge >= 0.3 is 0 Å². The van der Waals surface area contributed by atoms with Gasteiger partial charge in [0.25, 0.3) is 0 Å². The summed E-state index contributed by atoms with van der Waals surface area (Å²) in [5.74, 6) is 3.30. The van der Waals surface area contributed by atoms with Crippen molar-refractivity contribution in [3.63, 3.8) is 0 Å². The van der Waals surface area contributed by atoms with Crippen LogP contribution in [0.5, 0.6) is 0 Å². The molecule has 1 heteroatoms. The number of hydrogen-bond donors (Lipinski definition) is 1. The second kappa shape index (κ2) is 4.42. The minimum absolute atomic E-state index is 0.747. The van der Waals surface area contributed by atoms with E-state index < -0.39 is 0 Å². The van der Waals surface area contributed by atoms with E-state index >= 15 is 0 Å². The third-order valence-electron chi connectivity index (χ3n) is 5.42. The molecule has 17 heavy (non-hydrogen) atoms. The Morgan fingerprint density at radius 2 is 1.65 bits per heavy atom. The van der Waals surface area contributed by atoms with Crippen molar-refractivity contribution in [2.75, 3.05) is 13.1 Å². The zero-order valence-corrected chi connectivity index (χ0v) is 11.3. The van der Waals surface area contributed by atoms with E-state index in [1.54, 1.807) is 38.5 Å². The molecule has 0 aliphatic heterocycles. The van der Waals surface area contributed by atoms with E-state index in [1.165, 1.54) is 18.5 Å². The first-order valence-corrected chi connectivity index (χ1v) is 7.50. The predicted molar refractivity (Wildman–Crippen MR) is 72.9 cm³/mol. The SMILES string of the molecule is C=C(C)CNCCC12CC3CC(CC(C3)C1)C2. The molecule has 1 nitrogen and oxygen atoms in total. The minimum Gasteiger partial charge on any atom is -0.313 e.